The van der Waals surface area contributed by atoms with Crippen molar-refractivity contribution in [3.05, 3.63) is 33.8 Å². The van der Waals surface area contributed by atoms with Crippen LogP contribution in [0.4, 0.5) is 13.2 Å². The predicted molar refractivity (Wildman–Crippen MR) is 79.8 cm³/mol. The molecule has 126 valence electrons. The number of hydrogen-bond donors (Lipinski definition) is 1. The van der Waals surface area contributed by atoms with E-state index >= 15 is 0 Å². The van der Waals surface area contributed by atoms with Crippen molar-refractivity contribution in [2.75, 3.05) is 6.54 Å². The molecule has 0 atom stereocenters. The molecule has 0 spiro atoms. The van der Waals surface area contributed by atoms with Gasteiger partial charge in [0.2, 0.25) is 0 Å². The summed E-state index contributed by atoms with van der Waals surface area (Å²) in [5.74, 6) is -0.612. The SMILES string of the molecule is Cc1ccnn1CCCNC(=O)c1c(Br)c(C(F)(F)F)nn1C. The first kappa shape index (κ1) is 17.5. The standard InChI is InChI=1S/C13H15BrF3N5O/c1-8-4-6-19-22(8)7-3-5-18-12(23)10-9(14)11(13(15,16)17)20-21(10)2/h4,6H,3,5,7H2,1-2H3,(H,18,23). The second-order valence-corrected chi connectivity index (χ2v) is 5.73. The largest absolute Gasteiger partial charge is 0.436 e. The van der Waals surface area contributed by atoms with Crippen molar-refractivity contribution in [2.45, 2.75) is 26.1 Å². The van der Waals surface area contributed by atoms with Gasteiger partial charge in [-0.05, 0) is 35.3 Å². The number of aryl methyl sites for hydroxylation is 3. The van der Waals surface area contributed by atoms with Gasteiger partial charge < -0.3 is 5.32 Å². The third-order valence-corrected chi connectivity index (χ3v) is 3.99. The van der Waals surface area contributed by atoms with Gasteiger partial charge in [-0.15, -0.1) is 0 Å². The van der Waals surface area contributed by atoms with Crippen LogP contribution in [0.2, 0.25) is 0 Å². The molecule has 0 aliphatic heterocycles. The van der Waals surface area contributed by atoms with Gasteiger partial charge in [0.15, 0.2) is 5.69 Å². The zero-order valence-electron chi connectivity index (χ0n) is 12.5. The molecule has 0 fully saturated rings. The molecular formula is C13H15BrF3N5O. The molecule has 2 rings (SSSR count). The normalized spacial score (nSPS) is 11.7. The summed E-state index contributed by atoms with van der Waals surface area (Å²) in [5, 5.41) is 10.0. The average Bonchev–Trinajstić information content (AvgIpc) is 2.98. The summed E-state index contributed by atoms with van der Waals surface area (Å²) in [4.78, 5) is 12.1. The van der Waals surface area contributed by atoms with Gasteiger partial charge in [0.25, 0.3) is 5.91 Å². The van der Waals surface area contributed by atoms with Crippen LogP contribution in [0.5, 0.6) is 0 Å². The monoisotopic (exact) mass is 393 g/mol. The van der Waals surface area contributed by atoms with Crippen molar-refractivity contribution in [3.8, 4) is 0 Å². The van der Waals surface area contributed by atoms with Crippen molar-refractivity contribution in [1.82, 2.24) is 24.9 Å². The number of halogens is 4. The minimum Gasteiger partial charge on any atom is -0.351 e. The minimum absolute atomic E-state index is 0.160. The Morgan fingerprint density at radius 1 is 1.43 bits per heavy atom. The molecule has 2 aromatic heterocycles. The molecule has 2 heterocycles. The summed E-state index contributed by atoms with van der Waals surface area (Å²) in [7, 11) is 1.29. The van der Waals surface area contributed by atoms with Crippen molar-refractivity contribution < 1.29 is 18.0 Å². The van der Waals surface area contributed by atoms with Gasteiger partial charge in [0.1, 0.15) is 5.69 Å². The van der Waals surface area contributed by atoms with E-state index in [4.69, 9.17) is 0 Å². The number of aromatic nitrogens is 4. The van der Waals surface area contributed by atoms with E-state index in [1.54, 1.807) is 10.9 Å². The van der Waals surface area contributed by atoms with Crippen LogP contribution in [0, 0.1) is 6.92 Å². The maximum Gasteiger partial charge on any atom is 0.436 e. The highest BCUT2D eigenvalue weighted by atomic mass is 79.9. The maximum absolute atomic E-state index is 12.8. The molecule has 1 N–H and O–H groups in total. The smallest absolute Gasteiger partial charge is 0.351 e. The van der Waals surface area contributed by atoms with E-state index in [9.17, 15) is 18.0 Å². The molecule has 1 amide bonds. The van der Waals surface area contributed by atoms with Crippen LogP contribution in [0.1, 0.15) is 28.3 Å². The Kier molecular flexibility index (Phi) is 5.12. The van der Waals surface area contributed by atoms with Crippen LogP contribution < -0.4 is 5.32 Å². The third kappa shape index (κ3) is 3.92. The van der Waals surface area contributed by atoms with Gasteiger partial charge >= 0.3 is 6.18 Å². The molecule has 0 radical (unpaired) electrons. The minimum atomic E-state index is -4.62. The fourth-order valence-electron chi connectivity index (χ4n) is 2.07. The van der Waals surface area contributed by atoms with Crippen molar-refractivity contribution in [3.63, 3.8) is 0 Å². The van der Waals surface area contributed by atoms with Crippen LogP contribution in [0.25, 0.3) is 0 Å². The van der Waals surface area contributed by atoms with E-state index in [1.165, 1.54) is 7.05 Å². The van der Waals surface area contributed by atoms with Crippen LogP contribution in [-0.2, 0) is 19.8 Å². The zero-order valence-corrected chi connectivity index (χ0v) is 14.1. The predicted octanol–water partition coefficient (Wildman–Crippen LogP) is 2.53. The van der Waals surface area contributed by atoms with Gasteiger partial charge in [0, 0.05) is 32.0 Å². The van der Waals surface area contributed by atoms with Crippen molar-refractivity contribution in [2.24, 2.45) is 7.05 Å². The highest BCUT2D eigenvalue weighted by Crippen LogP contribution is 2.35. The summed E-state index contributed by atoms with van der Waals surface area (Å²) in [6, 6.07) is 1.87. The number of rotatable bonds is 5. The first-order chi connectivity index (χ1) is 10.7. The molecule has 0 bridgehead atoms. The molecular weight excluding hydrogens is 379 g/mol. The number of carbonyl (C=O) groups is 1. The summed E-state index contributed by atoms with van der Waals surface area (Å²) >= 11 is 2.81. The van der Waals surface area contributed by atoms with E-state index in [1.807, 2.05) is 13.0 Å². The highest BCUT2D eigenvalue weighted by molar-refractivity contribution is 9.10. The van der Waals surface area contributed by atoms with Gasteiger partial charge in [-0.3, -0.25) is 14.2 Å². The third-order valence-electron chi connectivity index (χ3n) is 3.23. The number of nitrogens with one attached hydrogen (secondary N) is 1. The zero-order chi connectivity index (χ0) is 17.2. The lowest BCUT2D eigenvalue weighted by Crippen LogP contribution is -2.27. The fraction of sp³-hybridized carbons (Fsp3) is 0.462. The molecule has 6 nitrogen and oxygen atoms in total. The lowest BCUT2D eigenvalue weighted by molar-refractivity contribution is -0.142. The Labute approximate surface area is 138 Å². The topological polar surface area (TPSA) is 64.7 Å². The molecule has 0 aliphatic carbocycles. The second-order valence-electron chi connectivity index (χ2n) is 4.94. The summed E-state index contributed by atoms with van der Waals surface area (Å²) in [6.07, 6.45) is -2.33. The molecule has 2 aromatic rings. The quantitative estimate of drug-likeness (QED) is 0.793. The number of alkyl halides is 3. The van der Waals surface area contributed by atoms with Gasteiger partial charge in [-0.1, -0.05) is 0 Å². The highest BCUT2D eigenvalue weighted by Gasteiger charge is 2.39. The van der Waals surface area contributed by atoms with Gasteiger partial charge in [0.05, 0.1) is 4.47 Å². The Balaban J connectivity index is 1.96. The Hall–Kier alpha value is -1.84. The number of carbonyl (C=O) groups excluding carboxylic acids is 1. The van der Waals surface area contributed by atoms with E-state index in [0.717, 1.165) is 10.4 Å². The van der Waals surface area contributed by atoms with Gasteiger partial charge in [-0.2, -0.15) is 23.4 Å². The Morgan fingerprint density at radius 3 is 2.65 bits per heavy atom. The lowest BCUT2D eigenvalue weighted by atomic mass is 10.3. The molecule has 10 heteroatoms. The number of hydrogen-bond acceptors (Lipinski definition) is 3. The molecule has 23 heavy (non-hydrogen) atoms. The maximum atomic E-state index is 12.8. The summed E-state index contributed by atoms with van der Waals surface area (Å²) in [5.41, 5.74) is -0.273. The first-order valence-corrected chi connectivity index (χ1v) is 7.57. The van der Waals surface area contributed by atoms with E-state index < -0.39 is 17.8 Å². The van der Waals surface area contributed by atoms with E-state index in [2.05, 4.69) is 31.4 Å². The summed E-state index contributed by atoms with van der Waals surface area (Å²) in [6.45, 7) is 2.84. The summed E-state index contributed by atoms with van der Waals surface area (Å²) < 4.78 is 40.6. The van der Waals surface area contributed by atoms with Crippen LogP contribution in [-0.4, -0.2) is 32.0 Å². The number of amides is 1. The molecule has 0 aliphatic rings. The van der Waals surface area contributed by atoms with Crippen LogP contribution >= 0.6 is 15.9 Å². The average molecular weight is 394 g/mol. The number of nitrogens with zero attached hydrogens (tertiary/aromatic N) is 4. The van der Waals surface area contributed by atoms with Crippen molar-refractivity contribution in [1.29, 1.82) is 0 Å². The van der Waals surface area contributed by atoms with Crippen LogP contribution in [0.15, 0.2) is 16.7 Å². The molecule has 0 aromatic carbocycles. The first-order valence-electron chi connectivity index (χ1n) is 6.78. The molecule has 0 saturated heterocycles. The van der Waals surface area contributed by atoms with E-state index in [0.29, 0.717) is 19.5 Å². The lowest BCUT2D eigenvalue weighted by Gasteiger charge is -2.07. The second kappa shape index (κ2) is 6.73. The molecule has 0 saturated carbocycles. The van der Waals surface area contributed by atoms with Gasteiger partial charge in [-0.25, -0.2) is 0 Å². The van der Waals surface area contributed by atoms with E-state index in [-0.39, 0.29) is 10.2 Å². The Bertz CT molecular complexity index is 707. The van der Waals surface area contributed by atoms with Crippen molar-refractivity contribution >= 4 is 21.8 Å². The molecule has 0 unspecified atom stereocenters. The Morgan fingerprint density at radius 2 is 2.13 bits per heavy atom. The fourth-order valence-corrected chi connectivity index (χ4v) is 2.81. The van der Waals surface area contributed by atoms with Crippen LogP contribution in [0.3, 0.4) is 0 Å².